The van der Waals surface area contributed by atoms with Gasteiger partial charge in [-0.25, -0.2) is 12.7 Å². The fourth-order valence-electron chi connectivity index (χ4n) is 3.81. The fourth-order valence-corrected chi connectivity index (χ4v) is 4.66. The molecule has 2 aromatic rings. The lowest BCUT2D eigenvalue weighted by atomic mass is 9.94. The normalized spacial score (nSPS) is 22.4. The van der Waals surface area contributed by atoms with E-state index in [1.54, 1.807) is 24.3 Å². The van der Waals surface area contributed by atoms with E-state index in [2.05, 4.69) is 5.32 Å². The Kier molecular flexibility index (Phi) is 3.92. The first-order valence-electron chi connectivity index (χ1n) is 8.57. The lowest BCUT2D eigenvalue weighted by molar-refractivity contribution is 0.0913. The highest BCUT2D eigenvalue weighted by atomic mass is 32.2. The summed E-state index contributed by atoms with van der Waals surface area (Å²) in [6.07, 6.45) is 3.51. The smallest absolute Gasteiger partial charge is 0.287 e. The minimum atomic E-state index is -3.16. The maximum atomic E-state index is 12.5. The molecule has 0 radical (unpaired) electrons. The molecule has 0 bridgehead atoms. The number of para-hydroxylation sites is 1. The summed E-state index contributed by atoms with van der Waals surface area (Å²) in [5.41, 5.74) is 0.106. The summed E-state index contributed by atoms with van der Waals surface area (Å²) in [6.45, 7) is 0.965. The van der Waals surface area contributed by atoms with Gasteiger partial charge >= 0.3 is 0 Å². The van der Waals surface area contributed by atoms with Crippen molar-refractivity contribution in [1.82, 2.24) is 9.62 Å². The van der Waals surface area contributed by atoms with Crippen LogP contribution in [0.3, 0.4) is 0 Å². The largest absolute Gasteiger partial charge is 0.451 e. The third kappa shape index (κ3) is 3.03. The van der Waals surface area contributed by atoms with Gasteiger partial charge in [0.05, 0.1) is 11.6 Å². The van der Waals surface area contributed by atoms with E-state index >= 15 is 0 Å². The van der Waals surface area contributed by atoms with E-state index in [4.69, 9.17) is 4.42 Å². The Morgan fingerprint density at radius 2 is 1.96 bits per heavy atom. The SMILES string of the molecule is CS(=O)(=O)N1CCC2(CC1)CC2NC(=O)c1cc(=O)c2ccccc2o1. The van der Waals surface area contributed by atoms with Crippen LogP contribution in [0.5, 0.6) is 0 Å². The van der Waals surface area contributed by atoms with E-state index in [-0.39, 0.29) is 22.6 Å². The van der Waals surface area contributed by atoms with Crippen molar-refractivity contribution in [3.63, 3.8) is 0 Å². The van der Waals surface area contributed by atoms with E-state index in [0.29, 0.717) is 24.1 Å². The van der Waals surface area contributed by atoms with Gasteiger partial charge in [-0.15, -0.1) is 0 Å². The second-order valence-electron chi connectivity index (χ2n) is 7.23. The number of amides is 1. The third-order valence-corrected chi connectivity index (χ3v) is 6.84. The topological polar surface area (TPSA) is 96.7 Å². The van der Waals surface area contributed by atoms with E-state index < -0.39 is 15.9 Å². The Morgan fingerprint density at radius 3 is 2.65 bits per heavy atom. The van der Waals surface area contributed by atoms with E-state index in [9.17, 15) is 18.0 Å². The Hall–Kier alpha value is -2.19. The summed E-state index contributed by atoms with van der Waals surface area (Å²) in [6, 6.07) is 8.03. The van der Waals surface area contributed by atoms with Gasteiger partial charge in [0.25, 0.3) is 5.91 Å². The van der Waals surface area contributed by atoms with Crippen LogP contribution >= 0.6 is 0 Å². The highest BCUT2D eigenvalue weighted by Gasteiger charge is 2.56. The van der Waals surface area contributed by atoms with Crippen LogP contribution in [0.1, 0.15) is 29.8 Å². The number of rotatable bonds is 3. The average molecular weight is 376 g/mol. The molecule has 1 aliphatic heterocycles. The summed E-state index contributed by atoms with van der Waals surface area (Å²) in [5, 5.41) is 3.38. The molecule has 1 aliphatic carbocycles. The molecule has 1 unspecified atom stereocenters. The number of nitrogens with zero attached hydrogens (tertiary/aromatic N) is 1. The van der Waals surface area contributed by atoms with Crippen molar-refractivity contribution in [2.45, 2.75) is 25.3 Å². The summed E-state index contributed by atoms with van der Waals surface area (Å²) in [7, 11) is -3.16. The molecule has 1 spiro atoms. The van der Waals surface area contributed by atoms with E-state index in [1.807, 2.05) is 0 Å². The molecule has 1 aromatic carbocycles. The molecule has 1 saturated carbocycles. The number of carbonyl (C=O) groups excluding carboxylic acids is 1. The van der Waals surface area contributed by atoms with Crippen LogP contribution in [0.4, 0.5) is 0 Å². The lowest BCUT2D eigenvalue weighted by Crippen LogP contribution is -2.41. The molecule has 138 valence electrons. The Labute approximate surface area is 151 Å². The van der Waals surface area contributed by atoms with Gasteiger partial charge in [0.1, 0.15) is 5.58 Å². The molecule has 4 rings (SSSR count). The summed E-state index contributed by atoms with van der Waals surface area (Å²) < 4.78 is 30.3. The van der Waals surface area contributed by atoms with Gasteiger partial charge in [-0.1, -0.05) is 12.1 Å². The third-order valence-electron chi connectivity index (χ3n) is 5.54. The highest BCUT2D eigenvalue weighted by Crippen LogP contribution is 2.54. The number of hydrogen-bond donors (Lipinski definition) is 1. The molecule has 8 heteroatoms. The number of benzene rings is 1. The summed E-state index contributed by atoms with van der Waals surface area (Å²) in [4.78, 5) is 24.6. The monoisotopic (exact) mass is 376 g/mol. The molecule has 7 nitrogen and oxygen atoms in total. The molecule has 26 heavy (non-hydrogen) atoms. The zero-order valence-electron chi connectivity index (χ0n) is 14.4. The zero-order chi connectivity index (χ0) is 18.5. The average Bonchev–Trinajstić information content (AvgIpc) is 3.25. The number of hydrogen-bond acceptors (Lipinski definition) is 5. The van der Waals surface area contributed by atoms with Crippen LogP contribution in [0.2, 0.25) is 0 Å². The van der Waals surface area contributed by atoms with Crippen molar-refractivity contribution >= 4 is 26.9 Å². The standard InChI is InChI=1S/C18H20N2O5S/c1-26(23,24)20-8-6-18(7-9-20)11-16(18)19-17(22)15-10-13(21)12-4-2-3-5-14(12)25-15/h2-5,10,16H,6-9,11H2,1H3,(H,19,22). The highest BCUT2D eigenvalue weighted by molar-refractivity contribution is 7.88. The van der Waals surface area contributed by atoms with Crippen molar-refractivity contribution in [2.75, 3.05) is 19.3 Å². The van der Waals surface area contributed by atoms with Gasteiger partial charge in [0.15, 0.2) is 11.2 Å². The van der Waals surface area contributed by atoms with Gasteiger partial charge in [-0.2, -0.15) is 0 Å². The quantitative estimate of drug-likeness (QED) is 0.872. The van der Waals surface area contributed by atoms with Crippen LogP contribution < -0.4 is 10.7 Å². The molecule has 2 aliphatic rings. The number of nitrogens with one attached hydrogen (secondary N) is 1. The molecular weight excluding hydrogens is 356 g/mol. The van der Waals surface area contributed by atoms with Crippen molar-refractivity contribution in [2.24, 2.45) is 5.41 Å². The second kappa shape index (κ2) is 5.92. The fraction of sp³-hybridized carbons (Fsp3) is 0.444. The lowest BCUT2D eigenvalue weighted by Gasteiger charge is -2.31. The molecule has 1 N–H and O–H groups in total. The van der Waals surface area contributed by atoms with Gasteiger partial charge < -0.3 is 9.73 Å². The van der Waals surface area contributed by atoms with Crippen LogP contribution in [0.15, 0.2) is 39.5 Å². The first kappa shape index (κ1) is 17.2. The van der Waals surface area contributed by atoms with Crippen molar-refractivity contribution in [3.05, 3.63) is 46.3 Å². The van der Waals surface area contributed by atoms with Crippen molar-refractivity contribution in [3.8, 4) is 0 Å². The predicted molar refractivity (Wildman–Crippen MR) is 96.4 cm³/mol. The molecule has 1 atom stereocenters. The minimum absolute atomic E-state index is 0.00400. The number of sulfonamides is 1. The van der Waals surface area contributed by atoms with Crippen molar-refractivity contribution < 1.29 is 17.6 Å². The molecule has 2 heterocycles. The van der Waals surface area contributed by atoms with Gasteiger partial charge in [-0.05, 0) is 36.8 Å². The molecule has 2 fully saturated rings. The van der Waals surface area contributed by atoms with Crippen LogP contribution in [-0.4, -0.2) is 44.0 Å². The van der Waals surface area contributed by atoms with Crippen LogP contribution in [0.25, 0.3) is 11.0 Å². The number of carbonyl (C=O) groups is 1. The van der Waals surface area contributed by atoms with Crippen LogP contribution in [-0.2, 0) is 10.0 Å². The number of piperidine rings is 1. The molecule has 1 amide bonds. The van der Waals surface area contributed by atoms with Gasteiger partial charge in [-0.3, -0.25) is 9.59 Å². The molecular formula is C18H20N2O5S. The Bertz CT molecular complexity index is 1030. The zero-order valence-corrected chi connectivity index (χ0v) is 15.2. The van der Waals surface area contributed by atoms with Gasteiger partial charge in [0, 0.05) is 25.2 Å². The maximum Gasteiger partial charge on any atom is 0.287 e. The predicted octanol–water partition coefficient (Wildman–Crippen LogP) is 1.34. The van der Waals surface area contributed by atoms with Crippen LogP contribution in [0, 0.1) is 5.41 Å². The van der Waals surface area contributed by atoms with E-state index in [1.165, 1.54) is 16.6 Å². The van der Waals surface area contributed by atoms with Gasteiger partial charge in [0.2, 0.25) is 10.0 Å². The summed E-state index contributed by atoms with van der Waals surface area (Å²) >= 11 is 0. The molecule has 1 aromatic heterocycles. The minimum Gasteiger partial charge on any atom is -0.451 e. The maximum absolute atomic E-state index is 12.5. The van der Waals surface area contributed by atoms with E-state index in [0.717, 1.165) is 19.3 Å². The van der Waals surface area contributed by atoms with Crippen molar-refractivity contribution in [1.29, 1.82) is 0 Å². The summed E-state index contributed by atoms with van der Waals surface area (Å²) in [5.74, 6) is -0.399. The Balaban J connectivity index is 1.45. The Morgan fingerprint density at radius 1 is 1.27 bits per heavy atom. The first-order valence-corrected chi connectivity index (χ1v) is 10.4. The first-order chi connectivity index (χ1) is 12.3. The molecule has 1 saturated heterocycles. The second-order valence-corrected chi connectivity index (χ2v) is 9.21. The number of fused-ring (bicyclic) bond motifs is 1.